The summed E-state index contributed by atoms with van der Waals surface area (Å²) in [5.41, 5.74) is 4.55. The fourth-order valence-corrected chi connectivity index (χ4v) is 6.62. The first-order valence-electron chi connectivity index (χ1n) is 12.3. The molecule has 2 unspecified atom stereocenters. The second-order valence-corrected chi connectivity index (χ2v) is 10.8. The number of carbonyl (C=O) groups is 5. The number of carbonyl (C=O) groups excluding carboxylic acids is 5. The number of amides is 1. The summed E-state index contributed by atoms with van der Waals surface area (Å²) in [6.07, 6.45) is 2.00. The first-order valence-corrected chi connectivity index (χ1v) is 12.3. The monoisotopic (exact) mass is 511 g/mol. The van der Waals surface area contributed by atoms with Gasteiger partial charge in [-0.25, -0.2) is 0 Å². The van der Waals surface area contributed by atoms with E-state index in [1.165, 1.54) is 4.90 Å². The maximum atomic E-state index is 13.9. The molecule has 3 aliphatic carbocycles. The molecule has 4 N–H and O–H groups in total. The molecule has 0 aliphatic heterocycles. The van der Waals surface area contributed by atoms with Gasteiger partial charge in [-0.2, -0.15) is 0 Å². The van der Waals surface area contributed by atoms with Crippen LogP contribution in [-0.4, -0.2) is 88.4 Å². The number of phenolic OH excluding ortho intramolecular Hbond substituents is 1. The van der Waals surface area contributed by atoms with E-state index < -0.39 is 64.4 Å². The van der Waals surface area contributed by atoms with Gasteiger partial charge in [0.1, 0.15) is 5.75 Å². The number of benzene rings is 1. The summed E-state index contributed by atoms with van der Waals surface area (Å²) in [6.45, 7) is 6.42. The van der Waals surface area contributed by atoms with Gasteiger partial charge in [-0.1, -0.05) is 12.1 Å². The van der Waals surface area contributed by atoms with Crippen molar-refractivity contribution in [3.63, 3.8) is 0 Å². The molecule has 1 aromatic rings. The Labute approximate surface area is 215 Å². The van der Waals surface area contributed by atoms with Crippen molar-refractivity contribution in [1.29, 1.82) is 0 Å². The van der Waals surface area contributed by atoms with Crippen LogP contribution in [0.2, 0.25) is 0 Å². The summed E-state index contributed by atoms with van der Waals surface area (Å²) in [4.78, 5) is 69.5. The van der Waals surface area contributed by atoms with E-state index in [4.69, 9.17) is 5.73 Å². The number of primary amides is 1. The van der Waals surface area contributed by atoms with E-state index in [-0.39, 0.29) is 24.2 Å². The Kier molecular flexibility index (Phi) is 6.72. The van der Waals surface area contributed by atoms with Crippen molar-refractivity contribution < 1.29 is 34.2 Å². The van der Waals surface area contributed by atoms with Crippen LogP contribution >= 0.6 is 0 Å². The number of fused-ring (bicyclic) bond motifs is 3. The highest BCUT2D eigenvalue weighted by Gasteiger charge is 2.69. The van der Waals surface area contributed by atoms with Crippen molar-refractivity contribution in [2.45, 2.75) is 38.0 Å². The third kappa shape index (κ3) is 3.86. The average molecular weight is 512 g/mol. The van der Waals surface area contributed by atoms with Crippen LogP contribution in [0.1, 0.15) is 33.5 Å². The van der Waals surface area contributed by atoms with Gasteiger partial charge < -0.3 is 15.9 Å². The molecule has 0 radical (unpaired) electrons. The Morgan fingerprint density at radius 1 is 1.22 bits per heavy atom. The Hall–Kier alpha value is -3.21. The van der Waals surface area contributed by atoms with E-state index in [0.29, 0.717) is 24.2 Å². The average Bonchev–Trinajstić information content (AvgIpc) is 2.79. The molecular weight excluding hydrogens is 478 g/mol. The summed E-state index contributed by atoms with van der Waals surface area (Å²) in [6, 6.07) is 0.703. The molecule has 37 heavy (non-hydrogen) atoms. The van der Waals surface area contributed by atoms with E-state index >= 15 is 0 Å². The molecule has 0 heterocycles. The fraction of sp³-hybridized carbons (Fsp3) is 0.519. The second-order valence-electron chi connectivity index (χ2n) is 10.8. The largest absolute Gasteiger partial charge is 0.507 e. The highest BCUT2D eigenvalue weighted by atomic mass is 16.3. The van der Waals surface area contributed by atoms with Crippen LogP contribution in [0.3, 0.4) is 0 Å². The van der Waals surface area contributed by atoms with Gasteiger partial charge in [0.05, 0.1) is 17.5 Å². The van der Waals surface area contributed by atoms with Crippen molar-refractivity contribution in [2.24, 2.45) is 29.4 Å². The normalized spacial score (nSPS) is 31.3. The lowest BCUT2D eigenvalue weighted by molar-refractivity contribution is -0.181. The minimum absolute atomic E-state index is 0.0219. The molecule has 1 aromatic carbocycles. The number of aryl methyl sites for hydroxylation is 1. The number of phenols is 1. The predicted molar refractivity (Wildman–Crippen MR) is 133 cm³/mol. The van der Waals surface area contributed by atoms with E-state index in [0.717, 1.165) is 5.56 Å². The van der Waals surface area contributed by atoms with Crippen molar-refractivity contribution in [3.05, 3.63) is 41.0 Å². The molecular formula is C27H33N3O7. The maximum absolute atomic E-state index is 13.9. The maximum Gasteiger partial charge on any atom is 0.235 e. The standard InChI is InChI=1S/C27H33N3O7/c1-6-7-30(5)11-14-8-12(2)15-9-13-10-16-20(29(3)4)23(33)19(26(28)36)25(35)27(16,37)24(34)17(13)22(32)18(15)21(14)31/h6,8,13,16-17,19-20,31,37H,1,7,9-11H2,2-5H3,(H2,28,36)/t13-,16-,17?,19?,20+,27-/m0/s1. The van der Waals surface area contributed by atoms with Crippen LogP contribution in [0.15, 0.2) is 18.7 Å². The smallest absolute Gasteiger partial charge is 0.235 e. The van der Waals surface area contributed by atoms with Gasteiger partial charge in [0, 0.05) is 24.6 Å². The fourth-order valence-electron chi connectivity index (χ4n) is 6.62. The molecule has 3 aliphatic rings. The number of aromatic hydroxyl groups is 1. The minimum Gasteiger partial charge on any atom is -0.507 e. The number of nitrogens with zero attached hydrogens (tertiary/aromatic N) is 2. The van der Waals surface area contributed by atoms with E-state index in [1.54, 1.807) is 20.2 Å². The molecule has 0 aromatic heterocycles. The SMILES string of the molecule is C=CCN(C)Cc1cc(C)c2c(c1O)C(=O)C1C(=O)[C@]3(O)C(=O)C(C(N)=O)C(=O)[C@H](N(C)C)[C@@H]3C[C@@H]1C2. The van der Waals surface area contributed by atoms with Gasteiger partial charge in [0.25, 0.3) is 0 Å². The summed E-state index contributed by atoms with van der Waals surface area (Å²) < 4.78 is 0. The topological polar surface area (TPSA) is 158 Å². The molecule has 0 spiro atoms. The molecule has 0 saturated heterocycles. The predicted octanol–water partition coefficient (Wildman–Crippen LogP) is -0.207. The molecule has 4 rings (SSSR count). The molecule has 0 bridgehead atoms. The highest BCUT2D eigenvalue weighted by molar-refractivity contribution is 6.32. The highest BCUT2D eigenvalue weighted by Crippen LogP contribution is 2.51. The lowest BCUT2D eigenvalue weighted by Crippen LogP contribution is -2.74. The van der Waals surface area contributed by atoms with E-state index in [9.17, 15) is 34.2 Å². The third-order valence-electron chi connectivity index (χ3n) is 8.24. The Balaban J connectivity index is 1.83. The van der Waals surface area contributed by atoms with Gasteiger partial charge in [-0.3, -0.25) is 33.8 Å². The Morgan fingerprint density at radius 3 is 2.43 bits per heavy atom. The second kappa shape index (κ2) is 9.27. The van der Waals surface area contributed by atoms with Crippen LogP contribution in [0, 0.1) is 30.6 Å². The van der Waals surface area contributed by atoms with Crippen molar-refractivity contribution >= 4 is 29.0 Å². The number of Topliss-reactive ketones (excluding diaryl/α,β-unsaturated/α-hetero) is 4. The van der Waals surface area contributed by atoms with E-state index in [2.05, 4.69) is 6.58 Å². The first-order chi connectivity index (χ1) is 17.3. The van der Waals surface area contributed by atoms with Crippen LogP contribution in [0.25, 0.3) is 0 Å². The number of hydrogen-bond acceptors (Lipinski definition) is 9. The zero-order chi connectivity index (χ0) is 27.6. The molecule has 10 heteroatoms. The number of nitrogens with two attached hydrogens (primary N) is 1. The number of aliphatic hydroxyl groups is 1. The van der Waals surface area contributed by atoms with Crippen LogP contribution in [0.5, 0.6) is 5.75 Å². The summed E-state index contributed by atoms with van der Waals surface area (Å²) in [5.74, 6) is -10.3. The molecule has 6 atom stereocenters. The minimum atomic E-state index is -2.72. The van der Waals surface area contributed by atoms with Crippen molar-refractivity contribution in [1.82, 2.24) is 9.80 Å². The lowest BCUT2D eigenvalue weighted by Gasteiger charge is -2.52. The van der Waals surface area contributed by atoms with E-state index in [1.807, 2.05) is 24.9 Å². The quantitative estimate of drug-likeness (QED) is 0.347. The summed E-state index contributed by atoms with van der Waals surface area (Å²) >= 11 is 0. The van der Waals surface area contributed by atoms with Crippen molar-refractivity contribution in [2.75, 3.05) is 27.7 Å². The molecule has 10 nitrogen and oxygen atoms in total. The van der Waals surface area contributed by atoms with Gasteiger partial charge in [0.2, 0.25) is 5.91 Å². The zero-order valence-corrected chi connectivity index (χ0v) is 21.5. The Bertz CT molecular complexity index is 1240. The summed E-state index contributed by atoms with van der Waals surface area (Å²) in [7, 11) is 4.95. The molecule has 198 valence electrons. The number of hydrogen-bond donors (Lipinski definition) is 3. The van der Waals surface area contributed by atoms with Gasteiger partial charge in [-0.15, -0.1) is 6.58 Å². The zero-order valence-electron chi connectivity index (χ0n) is 21.5. The van der Waals surface area contributed by atoms with Gasteiger partial charge in [0.15, 0.2) is 34.7 Å². The first kappa shape index (κ1) is 26.8. The van der Waals surface area contributed by atoms with Crippen LogP contribution in [0.4, 0.5) is 0 Å². The lowest BCUT2D eigenvalue weighted by atomic mass is 9.52. The van der Waals surface area contributed by atoms with Crippen LogP contribution in [-0.2, 0) is 32.1 Å². The number of rotatable bonds is 6. The third-order valence-corrected chi connectivity index (χ3v) is 8.24. The molecule has 2 fully saturated rings. The summed E-state index contributed by atoms with van der Waals surface area (Å²) in [5, 5.41) is 22.7. The van der Waals surface area contributed by atoms with Gasteiger partial charge in [-0.05, 0) is 58.0 Å². The van der Waals surface area contributed by atoms with Crippen molar-refractivity contribution in [3.8, 4) is 5.75 Å². The number of ketones is 4. The molecule has 2 saturated carbocycles. The van der Waals surface area contributed by atoms with Gasteiger partial charge >= 0.3 is 0 Å². The molecule has 1 amide bonds. The van der Waals surface area contributed by atoms with Crippen LogP contribution < -0.4 is 5.73 Å². The Morgan fingerprint density at radius 2 is 1.86 bits per heavy atom. The number of likely N-dealkylation sites (N-methyl/N-ethyl adjacent to an activating group) is 2.